The zero-order valence-corrected chi connectivity index (χ0v) is 11.2. The SMILES string of the molecule is COCc1nn(-c2ccc(C)cc2)c(Cl)c1[N+](=O)[O-]. The minimum absolute atomic E-state index is 0.0269. The van der Waals surface area contributed by atoms with Crippen LogP contribution in [0.3, 0.4) is 0 Å². The van der Waals surface area contributed by atoms with Gasteiger partial charge in [0.1, 0.15) is 0 Å². The fourth-order valence-electron chi connectivity index (χ4n) is 1.70. The Hall–Kier alpha value is -1.92. The first-order valence-corrected chi connectivity index (χ1v) is 5.90. The molecule has 100 valence electrons. The molecule has 19 heavy (non-hydrogen) atoms. The van der Waals surface area contributed by atoms with E-state index in [1.165, 1.54) is 11.8 Å². The van der Waals surface area contributed by atoms with Crippen molar-refractivity contribution in [1.82, 2.24) is 9.78 Å². The number of hydrogen-bond donors (Lipinski definition) is 0. The number of hydrogen-bond acceptors (Lipinski definition) is 4. The summed E-state index contributed by atoms with van der Waals surface area (Å²) in [6.45, 7) is 1.99. The number of aromatic nitrogens is 2. The molecule has 0 saturated carbocycles. The fourth-order valence-corrected chi connectivity index (χ4v) is 2.02. The lowest BCUT2D eigenvalue weighted by Crippen LogP contribution is -1.98. The summed E-state index contributed by atoms with van der Waals surface area (Å²) in [7, 11) is 1.45. The van der Waals surface area contributed by atoms with Gasteiger partial charge in [0, 0.05) is 7.11 Å². The van der Waals surface area contributed by atoms with Crippen LogP contribution in [0.5, 0.6) is 0 Å². The van der Waals surface area contributed by atoms with Crippen LogP contribution in [0.15, 0.2) is 24.3 Å². The number of nitro groups is 1. The molecule has 0 radical (unpaired) electrons. The van der Waals surface area contributed by atoms with Crippen molar-refractivity contribution in [1.29, 1.82) is 0 Å². The summed E-state index contributed by atoms with van der Waals surface area (Å²) in [5.41, 5.74) is 1.74. The van der Waals surface area contributed by atoms with Crippen molar-refractivity contribution in [2.45, 2.75) is 13.5 Å². The van der Waals surface area contributed by atoms with E-state index in [0.29, 0.717) is 5.69 Å². The van der Waals surface area contributed by atoms with Crippen molar-refractivity contribution in [3.8, 4) is 5.69 Å². The Bertz CT molecular complexity index is 607. The van der Waals surface area contributed by atoms with Gasteiger partial charge in [0.25, 0.3) is 0 Å². The van der Waals surface area contributed by atoms with E-state index < -0.39 is 4.92 Å². The number of benzene rings is 1. The highest BCUT2D eigenvalue weighted by Gasteiger charge is 2.27. The van der Waals surface area contributed by atoms with E-state index in [9.17, 15) is 10.1 Å². The Morgan fingerprint density at radius 3 is 2.58 bits per heavy atom. The molecule has 0 atom stereocenters. The van der Waals surface area contributed by atoms with Crippen molar-refractivity contribution in [3.63, 3.8) is 0 Å². The normalized spacial score (nSPS) is 10.7. The Morgan fingerprint density at radius 2 is 2.05 bits per heavy atom. The Balaban J connectivity index is 2.55. The highest BCUT2D eigenvalue weighted by Crippen LogP contribution is 2.31. The van der Waals surface area contributed by atoms with E-state index in [1.54, 1.807) is 12.1 Å². The van der Waals surface area contributed by atoms with E-state index in [-0.39, 0.29) is 23.1 Å². The summed E-state index contributed by atoms with van der Waals surface area (Å²) in [5, 5.41) is 15.1. The first kappa shape index (κ1) is 13.5. The molecule has 0 N–H and O–H groups in total. The molecule has 6 nitrogen and oxygen atoms in total. The van der Waals surface area contributed by atoms with Crippen molar-refractivity contribution in [2.24, 2.45) is 0 Å². The van der Waals surface area contributed by atoms with Gasteiger partial charge in [0.05, 0.1) is 17.2 Å². The third-order valence-corrected chi connectivity index (χ3v) is 2.96. The van der Waals surface area contributed by atoms with E-state index in [4.69, 9.17) is 16.3 Å². The minimum atomic E-state index is -0.547. The van der Waals surface area contributed by atoms with Gasteiger partial charge in [0.15, 0.2) is 5.69 Å². The van der Waals surface area contributed by atoms with E-state index in [1.807, 2.05) is 19.1 Å². The second-order valence-corrected chi connectivity index (χ2v) is 4.38. The van der Waals surface area contributed by atoms with Crippen LogP contribution in [-0.2, 0) is 11.3 Å². The van der Waals surface area contributed by atoms with E-state index >= 15 is 0 Å². The summed E-state index contributed by atoms with van der Waals surface area (Å²) in [5.74, 6) is 0. The highest BCUT2D eigenvalue weighted by molar-refractivity contribution is 6.32. The number of ether oxygens (including phenoxy) is 1. The lowest BCUT2D eigenvalue weighted by molar-refractivity contribution is -0.385. The second-order valence-electron chi connectivity index (χ2n) is 4.02. The van der Waals surface area contributed by atoms with Crippen LogP contribution in [-0.4, -0.2) is 21.8 Å². The lowest BCUT2D eigenvalue weighted by Gasteiger charge is -2.02. The van der Waals surface area contributed by atoms with E-state index in [2.05, 4.69) is 5.10 Å². The molecule has 0 unspecified atom stereocenters. The highest BCUT2D eigenvalue weighted by atomic mass is 35.5. The Kier molecular flexibility index (Phi) is 3.82. The molecule has 0 bridgehead atoms. The van der Waals surface area contributed by atoms with Gasteiger partial charge in [-0.2, -0.15) is 5.10 Å². The summed E-state index contributed by atoms with van der Waals surface area (Å²) < 4.78 is 6.24. The third-order valence-electron chi connectivity index (χ3n) is 2.62. The number of nitrogens with zero attached hydrogens (tertiary/aromatic N) is 3. The standard InChI is InChI=1S/C12H12ClN3O3/c1-8-3-5-9(6-4-8)15-12(13)11(16(17)18)10(14-15)7-19-2/h3-6H,7H2,1-2H3. The fraction of sp³-hybridized carbons (Fsp3) is 0.250. The van der Waals surface area contributed by atoms with Gasteiger partial charge in [-0.25, -0.2) is 4.68 Å². The number of methoxy groups -OCH3 is 1. The molecule has 1 aromatic carbocycles. The zero-order valence-electron chi connectivity index (χ0n) is 10.5. The smallest absolute Gasteiger partial charge is 0.331 e. The summed E-state index contributed by atoms with van der Waals surface area (Å²) in [6, 6.07) is 7.37. The van der Waals surface area contributed by atoms with Crippen LogP contribution < -0.4 is 0 Å². The monoisotopic (exact) mass is 281 g/mol. The average Bonchev–Trinajstić information content (AvgIpc) is 2.68. The molecule has 0 aliphatic rings. The predicted molar refractivity (Wildman–Crippen MR) is 70.7 cm³/mol. The molecule has 0 amide bonds. The summed E-state index contributed by atoms with van der Waals surface area (Å²) >= 11 is 6.04. The Morgan fingerprint density at radius 1 is 1.42 bits per heavy atom. The largest absolute Gasteiger partial charge is 0.378 e. The molecule has 0 saturated heterocycles. The molecule has 2 aromatic rings. The molecule has 2 rings (SSSR count). The molecule has 0 aliphatic heterocycles. The minimum Gasteiger partial charge on any atom is -0.378 e. The van der Waals surface area contributed by atoms with Crippen molar-refractivity contribution >= 4 is 17.3 Å². The van der Waals surface area contributed by atoms with Gasteiger partial charge in [-0.15, -0.1) is 0 Å². The average molecular weight is 282 g/mol. The predicted octanol–water partition coefficient (Wildman–Crippen LogP) is 2.89. The van der Waals surface area contributed by atoms with Gasteiger partial charge in [0.2, 0.25) is 5.15 Å². The van der Waals surface area contributed by atoms with Gasteiger partial charge in [-0.05, 0) is 19.1 Å². The van der Waals surface area contributed by atoms with Crippen molar-refractivity contribution in [2.75, 3.05) is 7.11 Å². The molecule has 1 aromatic heterocycles. The maximum atomic E-state index is 11.0. The third kappa shape index (κ3) is 2.59. The summed E-state index contributed by atoms with van der Waals surface area (Å²) in [4.78, 5) is 10.5. The maximum absolute atomic E-state index is 11.0. The van der Waals surface area contributed by atoms with Crippen LogP contribution in [0.1, 0.15) is 11.3 Å². The Labute approximate surface area is 114 Å². The molecule has 1 heterocycles. The molecule has 7 heteroatoms. The van der Waals surface area contributed by atoms with Gasteiger partial charge in [-0.1, -0.05) is 29.3 Å². The molecular weight excluding hydrogens is 270 g/mol. The second kappa shape index (κ2) is 5.38. The van der Waals surface area contributed by atoms with Crippen molar-refractivity contribution in [3.05, 3.63) is 50.8 Å². The lowest BCUT2D eigenvalue weighted by atomic mass is 10.2. The molecule has 0 aliphatic carbocycles. The first-order valence-electron chi connectivity index (χ1n) is 5.52. The molecule has 0 fully saturated rings. The number of halogens is 1. The van der Waals surface area contributed by atoms with Gasteiger partial charge in [-0.3, -0.25) is 10.1 Å². The van der Waals surface area contributed by atoms with Crippen LogP contribution in [0.4, 0.5) is 5.69 Å². The number of rotatable bonds is 4. The van der Waals surface area contributed by atoms with Crippen molar-refractivity contribution < 1.29 is 9.66 Å². The van der Waals surface area contributed by atoms with Crippen LogP contribution in [0, 0.1) is 17.0 Å². The molecule has 0 spiro atoms. The van der Waals surface area contributed by atoms with Crippen LogP contribution in [0.2, 0.25) is 5.15 Å². The first-order chi connectivity index (χ1) is 9.04. The topological polar surface area (TPSA) is 70.2 Å². The van der Waals surface area contributed by atoms with Gasteiger partial charge >= 0.3 is 5.69 Å². The zero-order chi connectivity index (χ0) is 14.0. The number of aryl methyl sites for hydroxylation is 1. The quantitative estimate of drug-likeness (QED) is 0.638. The van der Waals surface area contributed by atoms with Crippen LogP contribution >= 0.6 is 11.6 Å². The summed E-state index contributed by atoms with van der Waals surface area (Å²) in [6.07, 6.45) is 0. The van der Waals surface area contributed by atoms with Gasteiger partial charge < -0.3 is 4.74 Å². The maximum Gasteiger partial charge on any atom is 0.331 e. The van der Waals surface area contributed by atoms with Crippen LogP contribution in [0.25, 0.3) is 5.69 Å². The molecular formula is C12H12ClN3O3. The van der Waals surface area contributed by atoms with E-state index in [0.717, 1.165) is 5.56 Å².